The SMILES string of the molecule is [C-]#[N+]C1(C)CC(O)(c2ncc(-c3ccn4nc5c(c4n3)[C@@H]3C[C@H]5N(C)C(=O)c4cccc(OC(F)F)c43)cn2)C1. The number of benzene rings is 1. The number of aliphatic hydroxyl groups is 1. The smallest absolute Gasteiger partial charge is 0.387 e. The monoisotopic (exact) mass is 543 g/mol. The van der Waals surface area contributed by atoms with Crippen LogP contribution < -0.4 is 4.74 Å². The average molecular weight is 544 g/mol. The number of ether oxygens (including phenoxy) is 1. The van der Waals surface area contributed by atoms with Gasteiger partial charge in [-0.1, -0.05) is 6.07 Å². The molecular weight excluding hydrogens is 520 g/mol. The maximum Gasteiger partial charge on any atom is 0.387 e. The van der Waals surface area contributed by atoms with Crippen LogP contribution >= 0.6 is 0 Å². The van der Waals surface area contributed by atoms with Gasteiger partial charge >= 0.3 is 6.61 Å². The minimum atomic E-state index is -3.04. The van der Waals surface area contributed by atoms with E-state index in [-0.39, 0.29) is 36.4 Å². The molecule has 3 aromatic heterocycles. The Bertz CT molecular complexity index is 1740. The van der Waals surface area contributed by atoms with E-state index in [0.29, 0.717) is 40.1 Å². The van der Waals surface area contributed by atoms with Gasteiger partial charge in [0.1, 0.15) is 11.4 Å². The van der Waals surface area contributed by atoms with Gasteiger partial charge in [-0.3, -0.25) is 4.79 Å². The molecule has 10 nitrogen and oxygen atoms in total. The highest BCUT2D eigenvalue weighted by Crippen LogP contribution is 2.53. The number of hydrogen-bond acceptors (Lipinski definition) is 7. The predicted molar refractivity (Wildman–Crippen MR) is 137 cm³/mol. The molecule has 0 saturated heterocycles. The normalized spacial score (nSPS) is 26.7. The van der Waals surface area contributed by atoms with Gasteiger partial charge in [-0.25, -0.2) is 26.0 Å². The molecule has 0 spiro atoms. The van der Waals surface area contributed by atoms with E-state index in [1.807, 2.05) is 0 Å². The summed E-state index contributed by atoms with van der Waals surface area (Å²) in [5.41, 5.74) is 2.04. The summed E-state index contributed by atoms with van der Waals surface area (Å²) < 4.78 is 33.2. The number of carbonyl (C=O) groups excluding carboxylic acids is 1. The summed E-state index contributed by atoms with van der Waals surface area (Å²) in [4.78, 5) is 32.1. The molecule has 2 aliphatic carbocycles. The van der Waals surface area contributed by atoms with Gasteiger partial charge in [0.15, 0.2) is 11.5 Å². The highest BCUT2D eigenvalue weighted by Gasteiger charge is 2.59. The van der Waals surface area contributed by atoms with E-state index in [1.165, 1.54) is 6.07 Å². The highest BCUT2D eigenvalue weighted by molar-refractivity contribution is 5.98. The molecule has 4 heterocycles. The van der Waals surface area contributed by atoms with E-state index in [1.54, 1.807) is 60.2 Å². The molecular formula is C28H23F2N7O3. The highest BCUT2D eigenvalue weighted by atomic mass is 19.3. The second-order valence-electron chi connectivity index (χ2n) is 11.0. The van der Waals surface area contributed by atoms with Crippen molar-refractivity contribution in [3.05, 3.63) is 82.5 Å². The van der Waals surface area contributed by atoms with Crippen molar-refractivity contribution >= 4 is 11.6 Å². The minimum Gasteiger partial charge on any atom is -0.434 e. The number of fused-ring (bicyclic) bond motifs is 9. The number of hydrogen-bond donors (Lipinski definition) is 1. The van der Waals surface area contributed by atoms with Crippen LogP contribution in [0.3, 0.4) is 0 Å². The third-order valence-electron chi connectivity index (χ3n) is 8.30. The van der Waals surface area contributed by atoms with Crippen molar-refractivity contribution < 1.29 is 23.4 Å². The zero-order chi connectivity index (χ0) is 28.0. The van der Waals surface area contributed by atoms with E-state index >= 15 is 0 Å². The lowest BCUT2D eigenvalue weighted by Crippen LogP contribution is -2.51. The van der Waals surface area contributed by atoms with Crippen molar-refractivity contribution in [2.75, 3.05) is 7.05 Å². The second kappa shape index (κ2) is 8.25. The Kier molecular flexibility index (Phi) is 5.06. The number of nitrogens with zero attached hydrogens (tertiary/aromatic N) is 7. The van der Waals surface area contributed by atoms with Crippen LogP contribution in [0.2, 0.25) is 0 Å². The molecule has 12 heteroatoms. The molecule has 1 saturated carbocycles. The molecule has 7 rings (SSSR count). The van der Waals surface area contributed by atoms with Gasteiger partial charge in [0.05, 0.1) is 30.3 Å². The maximum atomic E-state index is 13.3. The molecule has 3 aliphatic rings. The summed E-state index contributed by atoms with van der Waals surface area (Å²) in [6.45, 7) is 6.07. The van der Waals surface area contributed by atoms with Crippen LogP contribution in [-0.4, -0.2) is 59.7 Å². The van der Waals surface area contributed by atoms with Crippen LogP contribution in [0.5, 0.6) is 5.75 Å². The first-order chi connectivity index (χ1) is 19.1. The van der Waals surface area contributed by atoms with Crippen LogP contribution in [0.4, 0.5) is 8.78 Å². The standard InChI is InChI=1S/C28H23F2N7O3/c1-27(31-2)12-28(39,13-27)25-32-10-14(11-33-25)17-7-8-37-23(34-17)21-16-9-18(22(21)35-37)36(3)24(38)15-5-4-6-19(20(15)16)40-26(29)30/h4-8,10-11,16,18,26,39H,9,12-13H2,1,3H3/t16-,18-,27?,28?/m1/s1. The topological polar surface area (TPSA) is 110 Å². The lowest BCUT2D eigenvalue weighted by Gasteiger charge is -2.41. The molecule has 1 aromatic carbocycles. The van der Waals surface area contributed by atoms with Gasteiger partial charge in [0.25, 0.3) is 5.91 Å². The molecule has 1 amide bonds. The summed E-state index contributed by atoms with van der Waals surface area (Å²) in [5, 5.41) is 15.6. The van der Waals surface area contributed by atoms with Crippen LogP contribution in [0.25, 0.3) is 21.7 Å². The summed E-state index contributed by atoms with van der Waals surface area (Å²) in [5.74, 6) is -0.469. The molecule has 0 unspecified atom stereocenters. The van der Waals surface area contributed by atoms with Crippen LogP contribution in [0.1, 0.15) is 71.1 Å². The first-order valence-corrected chi connectivity index (χ1v) is 12.8. The Morgan fingerprint density at radius 2 is 1.95 bits per heavy atom. The van der Waals surface area contributed by atoms with E-state index in [4.69, 9.17) is 21.4 Å². The molecule has 202 valence electrons. The zero-order valence-electron chi connectivity index (χ0n) is 21.5. The number of carbonyl (C=O) groups is 1. The molecule has 40 heavy (non-hydrogen) atoms. The molecule has 1 N–H and O–H groups in total. The number of rotatable bonds is 4. The first-order valence-electron chi connectivity index (χ1n) is 12.8. The Hall–Kier alpha value is -4.50. The summed E-state index contributed by atoms with van der Waals surface area (Å²) in [7, 11) is 1.69. The Morgan fingerprint density at radius 3 is 2.65 bits per heavy atom. The van der Waals surface area contributed by atoms with Gasteiger partial charge in [-0.15, -0.1) is 0 Å². The van der Waals surface area contributed by atoms with Gasteiger partial charge in [0.2, 0.25) is 5.54 Å². The van der Waals surface area contributed by atoms with E-state index in [2.05, 4.69) is 14.8 Å². The van der Waals surface area contributed by atoms with Crippen LogP contribution in [0, 0.1) is 6.57 Å². The Balaban J connectivity index is 1.31. The third-order valence-corrected chi connectivity index (χ3v) is 8.30. The van der Waals surface area contributed by atoms with Crippen molar-refractivity contribution in [3.8, 4) is 17.0 Å². The van der Waals surface area contributed by atoms with E-state index in [0.717, 1.165) is 5.56 Å². The molecule has 2 bridgehead atoms. The fraction of sp³-hybridized carbons (Fsp3) is 0.357. The number of aromatic nitrogens is 5. The van der Waals surface area contributed by atoms with Crippen LogP contribution in [-0.2, 0) is 5.60 Å². The fourth-order valence-electron chi connectivity index (χ4n) is 6.53. The quantitative estimate of drug-likeness (QED) is 0.386. The summed E-state index contributed by atoms with van der Waals surface area (Å²) in [6.07, 6.45) is 5.94. The van der Waals surface area contributed by atoms with Gasteiger partial charge < -0.3 is 19.6 Å². The lowest BCUT2D eigenvalue weighted by molar-refractivity contribution is -0.0809. The average Bonchev–Trinajstić information content (AvgIpc) is 3.45. The molecule has 0 radical (unpaired) electrons. The van der Waals surface area contributed by atoms with Crippen molar-refractivity contribution in [2.24, 2.45) is 0 Å². The Morgan fingerprint density at radius 1 is 1.20 bits per heavy atom. The van der Waals surface area contributed by atoms with Crippen molar-refractivity contribution in [3.63, 3.8) is 0 Å². The molecule has 4 aromatic rings. The number of amides is 1. The third kappa shape index (κ3) is 3.43. The van der Waals surface area contributed by atoms with Crippen molar-refractivity contribution in [2.45, 2.75) is 55.9 Å². The minimum absolute atomic E-state index is 0.0320. The van der Waals surface area contributed by atoms with Crippen molar-refractivity contribution in [1.82, 2.24) is 29.5 Å². The Labute approximate surface area is 227 Å². The summed E-state index contributed by atoms with van der Waals surface area (Å²) >= 11 is 0. The van der Waals surface area contributed by atoms with Crippen molar-refractivity contribution in [1.29, 1.82) is 0 Å². The van der Waals surface area contributed by atoms with Gasteiger partial charge in [-0.05, 0) is 24.6 Å². The maximum absolute atomic E-state index is 13.3. The molecule has 2 atom stereocenters. The van der Waals surface area contributed by atoms with Crippen LogP contribution in [0.15, 0.2) is 42.9 Å². The predicted octanol–water partition coefficient (Wildman–Crippen LogP) is 4.11. The second-order valence-corrected chi connectivity index (χ2v) is 11.0. The fourth-order valence-corrected chi connectivity index (χ4v) is 6.53. The summed E-state index contributed by atoms with van der Waals surface area (Å²) in [6, 6.07) is 6.04. The number of alkyl halides is 2. The molecule has 1 aliphatic heterocycles. The van der Waals surface area contributed by atoms with Gasteiger partial charge in [-0.2, -0.15) is 13.9 Å². The van der Waals surface area contributed by atoms with E-state index < -0.39 is 23.7 Å². The lowest BCUT2D eigenvalue weighted by atomic mass is 9.66. The largest absolute Gasteiger partial charge is 0.434 e. The zero-order valence-corrected chi connectivity index (χ0v) is 21.5. The first kappa shape index (κ1) is 24.5. The van der Waals surface area contributed by atoms with Gasteiger partial charge in [0, 0.05) is 60.7 Å². The molecule has 1 fully saturated rings. The van der Waals surface area contributed by atoms with E-state index in [9.17, 15) is 18.7 Å². The number of halogens is 2.